The van der Waals surface area contributed by atoms with Gasteiger partial charge in [-0.3, -0.25) is 0 Å². The molecule has 0 aliphatic rings. The normalized spacial score (nSPS) is 10.5. The fourth-order valence-electron chi connectivity index (χ4n) is 2.30. The number of hydrogen-bond donors (Lipinski definition) is 0. The Bertz CT molecular complexity index is 604. The van der Waals surface area contributed by atoms with Crippen molar-refractivity contribution in [2.75, 3.05) is 19.1 Å². The summed E-state index contributed by atoms with van der Waals surface area (Å²) in [5.74, 6) is 1.75. The van der Waals surface area contributed by atoms with Crippen LogP contribution in [0.4, 0.5) is 5.82 Å². The molecule has 0 unspecified atom stereocenters. The number of halogens is 1. The molecule has 5 heteroatoms. The number of anilines is 1. The van der Waals surface area contributed by atoms with E-state index in [0.29, 0.717) is 5.15 Å². The number of methoxy groups -OCH3 is 1. The lowest BCUT2D eigenvalue weighted by atomic mass is 10.1. The SMILES string of the molecule is CCCc1c(Cl)ncnc1N(C)Cc1cccc(OC)c1. The quantitative estimate of drug-likeness (QED) is 0.762. The van der Waals surface area contributed by atoms with E-state index in [4.69, 9.17) is 16.3 Å². The van der Waals surface area contributed by atoms with Crippen molar-refractivity contribution in [3.05, 3.63) is 46.9 Å². The van der Waals surface area contributed by atoms with E-state index in [1.807, 2.05) is 25.2 Å². The molecular formula is C16H20ClN3O. The molecule has 0 amide bonds. The zero-order chi connectivity index (χ0) is 15.2. The summed E-state index contributed by atoms with van der Waals surface area (Å²) in [7, 11) is 3.68. The van der Waals surface area contributed by atoms with Gasteiger partial charge in [-0.05, 0) is 24.1 Å². The number of nitrogens with zero attached hydrogens (tertiary/aromatic N) is 3. The standard InChI is InChI=1S/C16H20ClN3O/c1-4-6-14-15(17)18-11-19-16(14)20(2)10-12-7-5-8-13(9-12)21-3/h5,7-9,11H,4,6,10H2,1-3H3. The molecule has 4 nitrogen and oxygen atoms in total. The molecule has 0 bridgehead atoms. The number of rotatable bonds is 6. The molecular weight excluding hydrogens is 286 g/mol. The van der Waals surface area contributed by atoms with E-state index in [2.05, 4.69) is 27.9 Å². The van der Waals surface area contributed by atoms with Gasteiger partial charge in [0.15, 0.2) is 0 Å². The molecule has 0 radical (unpaired) electrons. The highest BCUT2D eigenvalue weighted by Gasteiger charge is 2.13. The Balaban J connectivity index is 2.23. The topological polar surface area (TPSA) is 38.2 Å². The first-order chi connectivity index (χ1) is 10.2. The second-order valence-corrected chi connectivity index (χ2v) is 5.28. The first kappa shape index (κ1) is 15.6. The van der Waals surface area contributed by atoms with Crippen molar-refractivity contribution in [2.45, 2.75) is 26.3 Å². The highest BCUT2D eigenvalue weighted by molar-refractivity contribution is 6.30. The van der Waals surface area contributed by atoms with Crippen molar-refractivity contribution in [3.63, 3.8) is 0 Å². The van der Waals surface area contributed by atoms with Crippen LogP contribution in [0.5, 0.6) is 5.75 Å². The third kappa shape index (κ3) is 3.85. The molecule has 0 aliphatic carbocycles. The highest BCUT2D eigenvalue weighted by Crippen LogP contribution is 2.25. The van der Waals surface area contributed by atoms with E-state index in [1.165, 1.54) is 6.33 Å². The van der Waals surface area contributed by atoms with Crippen molar-refractivity contribution in [3.8, 4) is 5.75 Å². The van der Waals surface area contributed by atoms with E-state index in [-0.39, 0.29) is 0 Å². The Hall–Kier alpha value is -1.81. The summed E-state index contributed by atoms with van der Waals surface area (Å²) in [5, 5.41) is 0.541. The van der Waals surface area contributed by atoms with Crippen molar-refractivity contribution in [2.24, 2.45) is 0 Å². The van der Waals surface area contributed by atoms with E-state index in [0.717, 1.165) is 42.1 Å². The average molecular weight is 306 g/mol. The van der Waals surface area contributed by atoms with Gasteiger partial charge in [0.25, 0.3) is 0 Å². The third-order valence-electron chi connectivity index (χ3n) is 3.29. The summed E-state index contributed by atoms with van der Waals surface area (Å²) in [4.78, 5) is 10.6. The maximum atomic E-state index is 6.21. The number of benzene rings is 1. The second kappa shape index (κ2) is 7.27. The molecule has 2 rings (SSSR count). The predicted octanol–water partition coefficient (Wildman–Crippen LogP) is 3.73. The molecule has 0 spiro atoms. The van der Waals surface area contributed by atoms with Gasteiger partial charge in [-0.1, -0.05) is 37.1 Å². The Morgan fingerprint density at radius 3 is 2.81 bits per heavy atom. The van der Waals surface area contributed by atoms with Gasteiger partial charge in [-0.25, -0.2) is 9.97 Å². The molecule has 0 fully saturated rings. The van der Waals surface area contributed by atoms with Gasteiger partial charge in [0, 0.05) is 19.2 Å². The summed E-state index contributed by atoms with van der Waals surface area (Å²) < 4.78 is 5.26. The van der Waals surface area contributed by atoms with Crippen LogP contribution in [0, 0.1) is 0 Å². The summed E-state index contributed by atoms with van der Waals surface area (Å²) in [5.41, 5.74) is 2.17. The maximum Gasteiger partial charge on any atom is 0.137 e. The zero-order valence-corrected chi connectivity index (χ0v) is 13.4. The van der Waals surface area contributed by atoms with Crippen LogP contribution in [-0.4, -0.2) is 24.1 Å². The van der Waals surface area contributed by atoms with Crippen molar-refractivity contribution < 1.29 is 4.74 Å². The minimum Gasteiger partial charge on any atom is -0.497 e. The van der Waals surface area contributed by atoms with Crippen LogP contribution < -0.4 is 9.64 Å². The van der Waals surface area contributed by atoms with E-state index in [1.54, 1.807) is 7.11 Å². The lowest BCUT2D eigenvalue weighted by molar-refractivity contribution is 0.414. The molecule has 0 N–H and O–H groups in total. The summed E-state index contributed by atoms with van der Waals surface area (Å²) in [6.07, 6.45) is 3.39. The monoisotopic (exact) mass is 305 g/mol. The Labute approximate surface area is 130 Å². The van der Waals surface area contributed by atoms with Crippen LogP contribution in [0.1, 0.15) is 24.5 Å². The van der Waals surface area contributed by atoms with Gasteiger partial charge >= 0.3 is 0 Å². The van der Waals surface area contributed by atoms with Gasteiger partial charge in [0.05, 0.1) is 7.11 Å². The Kier molecular flexibility index (Phi) is 5.39. The van der Waals surface area contributed by atoms with Crippen LogP contribution >= 0.6 is 11.6 Å². The lowest BCUT2D eigenvalue weighted by Crippen LogP contribution is -2.20. The van der Waals surface area contributed by atoms with Crippen LogP contribution in [0.15, 0.2) is 30.6 Å². The second-order valence-electron chi connectivity index (χ2n) is 4.92. The highest BCUT2D eigenvalue weighted by atomic mass is 35.5. The summed E-state index contributed by atoms with van der Waals surface area (Å²) in [6, 6.07) is 8.02. The lowest BCUT2D eigenvalue weighted by Gasteiger charge is -2.21. The van der Waals surface area contributed by atoms with Gasteiger partial charge in [0.2, 0.25) is 0 Å². The fraction of sp³-hybridized carbons (Fsp3) is 0.375. The Morgan fingerprint density at radius 2 is 2.10 bits per heavy atom. The van der Waals surface area contributed by atoms with Crippen molar-refractivity contribution in [1.29, 1.82) is 0 Å². The molecule has 0 saturated heterocycles. The Morgan fingerprint density at radius 1 is 1.29 bits per heavy atom. The molecule has 1 aromatic carbocycles. The largest absolute Gasteiger partial charge is 0.497 e. The molecule has 21 heavy (non-hydrogen) atoms. The minimum absolute atomic E-state index is 0.541. The number of hydrogen-bond acceptors (Lipinski definition) is 4. The van der Waals surface area contributed by atoms with Gasteiger partial charge in [-0.15, -0.1) is 0 Å². The molecule has 112 valence electrons. The van der Waals surface area contributed by atoms with E-state index >= 15 is 0 Å². The van der Waals surface area contributed by atoms with Crippen LogP contribution in [-0.2, 0) is 13.0 Å². The molecule has 2 aromatic rings. The van der Waals surface area contributed by atoms with Gasteiger partial charge < -0.3 is 9.64 Å². The molecule has 0 saturated carbocycles. The smallest absolute Gasteiger partial charge is 0.137 e. The summed E-state index contributed by atoms with van der Waals surface area (Å²) >= 11 is 6.21. The number of ether oxygens (including phenoxy) is 1. The third-order valence-corrected chi connectivity index (χ3v) is 3.61. The first-order valence-electron chi connectivity index (χ1n) is 6.99. The summed E-state index contributed by atoms with van der Waals surface area (Å²) in [6.45, 7) is 2.86. The van der Waals surface area contributed by atoms with Crippen molar-refractivity contribution >= 4 is 17.4 Å². The minimum atomic E-state index is 0.541. The van der Waals surface area contributed by atoms with Gasteiger partial charge in [0.1, 0.15) is 23.0 Å². The van der Waals surface area contributed by atoms with E-state index < -0.39 is 0 Å². The number of aromatic nitrogens is 2. The fourth-order valence-corrected chi connectivity index (χ4v) is 2.52. The van der Waals surface area contributed by atoms with Crippen LogP contribution in [0.3, 0.4) is 0 Å². The molecule has 1 heterocycles. The van der Waals surface area contributed by atoms with Crippen molar-refractivity contribution in [1.82, 2.24) is 9.97 Å². The average Bonchev–Trinajstić information content (AvgIpc) is 2.49. The van der Waals surface area contributed by atoms with Crippen LogP contribution in [0.2, 0.25) is 5.15 Å². The molecule has 0 atom stereocenters. The van der Waals surface area contributed by atoms with E-state index in [9.17, 15) is 0 Å². The zero-order valence-electron chi connectivity index (χ0n) is 12.6. The maximum absolute atomic E-state index is 6.21. The molecule has 1 aromatic heterocycles. The van der Waals surface area contributed by atoms with Crippen LogP contribution in [0.25, 0.3) is 0 Å². The van der Waals surface area contributed by atoms with Gasteiger partial charge in [-0.2, -0.15) is 0 Å². The molecule has 0 aliphatic heterocycles. The first-order valence-corrected chi connectivity index (χ1v) is 7.37. The predicted molar refractivity (Wildman–Crippen MR) is 86.1 cm³/mol.